The van der Waals surface area contributed by atoms with E-state index in [1.54, 1.807) is 13.0 Å². The average molecular weight is 435 g/mol. The van der Waals surface area contributed by atoms with Gasteiger partial charge in [0.2, 0.25) is 0 Å². The van der Waals surface area contributed by atoms with Crippen molar-refractivity contribution in [2.24, 2.45) is 4.99 Å². The van der Waals surface area contributed by atoms with Crippen molar-refractivity contribution < 1.29 is 14.3 Å². The predicted molar refractivity (Wildman–Crippen MR) is 108 cm³/mol. The van der Waals surface area contributed by atoms with Crippen LogP contribution in [0.1, 0.15) is 25.5 Å². The van der Waals surface area contributed by atoms with Crippen LogP contribution < -0.4 is 4.74 Å². The molecule has 1 aromatic carbocycles. The summed E-state index contributed by atoms with van der Waals surface area (Å²) in [6.45, 7) is 8.03. The molecule has 2 heterocycles. The molecular formula is C19H19BrN2O3S. The van der Waals surface area contributed by atoms with E-state index in [4.69, 9.17) is 9.47 Å². The molecule has 0 saturated heterocycles. The molecule has 0 unspecified atom stereocenters. The van der Waals surface area contributed by atoms with Crippen LogP contribution in [0.25, 0.3) is 0 Å². The quantitative estimate of drug-likeness (QED) is 0.476. The largest absolute Gasteiger partial charge is 0.489 e. The zero-order chi connectivity index (χ0) is 18.7. The normalized spacial score (nSPS) is 18.5. The van der Waals surface area contributed by atoms with Gasteiger partial charge in [0.05, 0.1) is 23.9 Å². The van der Waals surface area contributed by atoms with Crippen LogP contribution in [0.5, 0.6) is 5.75 Å². The standard InChI is InChI=1S/C19H19BrN2O3S/c1-4-9-25-15-7-6-13(20)11-14(15)17-16(18(23)24-5-2)12(3)21-19-22(17)8-10-26-19/h4,6-8,10-11,17H,1,5,9H2,2-3H3/t17-/m0/s1. The fraction of sp³-hybridized carbons (Fsp3) is 0.263. The first-order valence-corrected chi connectivity index (χ1v) is 9.85. The Hall–Kier alpha value is -1.99. The van der Waals surface area contributed by atoms with E-state index in [0.717, 1.165) is 15.2 Å². The molecule has 0 bridgehead atoms. The summed E-state index contributed by atoms with van der Waals surface area (Å²) in [6, 6.07) is 5.40. The zero-order valence-electron chi connectivity index (χ0n) is 14.6. The highest BCUT2D eigenvalue weighted by Gasteiger charge is 2.39. The van der Waals surface area contributed by atoms with Crippen LogP contribution in [0.4, 0.5) is 0 Å². The van der Waals surface area contributed by atoms with Crippen LogP contribution in [-0.4, -0.2) is 29.3 Å². The molecule has 0 spiro atoms. The van der Waals surface area contributed by atoms with Gasteiger partial charge >= 0.3 is 5.97 Å². The van der Waals surface area contributed by atoms with Crippen molar-refractivity contribution in [3.63, 3.8) is 0 Å². The molecular weight excluding hydrogens is 416 g/mol. The zero-order valence-corrected chi connectivity index (χ0v) is 17.0. The molecule has 0 aliphatic carbocycles. The molecule has 7 heteroatoms. The van der Waals surface area contributed by atoms with E-state index in [1.807, 2.05) is 41.6 Å². The first kappa shape index (κ1) is 18.8. The Bertz CT molecular complexity index is 832. The van der Waals surface area contributed by atoms with Crippen molar-refractivity contribution in [1.82, 2.24) is 4.90 Å². The summed E-state index contributed by atoms with van der Waals surface area (Å²) >= 11 is 5.05. The molecule has 0 aromatic heterocycles. The first-order chi connectivity index (χ1) is 12.6. The van der Waals surface area contributed by atoms with Crippen LogP contribution in [0.3, 0.4) is 0 Å². The molecule has 5 nitrogen and oxygen atoms in total. The lowest BCUT2D eigenvalue weighted by molar-refractivity contribution is -0.139. The summed E-state index contributed by atoms with van der Waals surface area (Å²) in [5.41, 5.74) is 2.04. The molecule has 0 N–H and O–H groups in total. The number of allylic oxidation sites excluding steroid dienone is 1. The third-order valence-corrected chi connectivity index (χ3v) is 5.20. The number of rotatable bonds is 6. The topological polar surface area (TPSA) is 51.1 Å². The maximum absolute atomic E-state index is 12.7. The second-order valence-corrected chi connectivity index (χ2v) is 7.40. The van der Waals surface area contributed by atoms with Gasteiger partial charge in [-0.3, -0.25) is 0 Å². The number of benzene rings is 1. The van der Waals surface area contributed by atoms with Crippen LogP contribution in [0.2, 0.25) is 0 Å². The van der Waals surface area contributed by atoms with Crippen LogP contribution >= 0.6 is 27.7 Å². The number of halogens is 1. The predicted octanol–water partition coefficient (Wildman–Crippen LogP) is 4.78. The third kappa shape index (κ3) is 3.59. The average Bonchev–Trinajstić information content (AvgIpc) is 3.07. The van der Waals surface area contributed by atoms with Gasteiger partial charge in [-0.15, -0.1) is 0 Å². The number of ether oxygens (including phenoxy) is 2. The van der Waals surface area contributed by atoms with Crippen molar-refractivity contribution in [3.05, 3.63) is 63.8 Å². The molecule has 0 fully saturated rings. The van der Waals surface area contributed by atoms with Gasteiger partial charge in [0.25, 0.3) is 0 Å². The van der Waals surface area contributed by atoms with Crippen LogP contribution in [0, 0.1) is 0 Å². The van der Waals surface area contributed by atoms with Gasteiger partial charge in [0.15, 0.2) is 5.17 Å². The van der Waals surface area contributed by atoms with E-state index in [1.165, 1.54) is 11.8 Å². The third-order valence-electron chi connectivity index (χ3n) is 3.94. The first-order valence-electron chi connectivity index (χ1n) is 8.18. The monoisotopic (exact) mass is 434 g/mol. The summed E-state index contributed by atoms with van der Waals surface area (Å²) in [5, 5.41) is 2.78. The van der Waals surface area contributed by atoms with Crippen molar-refractivity contribution in [3.8, 4) is 5.75 Å². The number of fused-ring (bicyclic) bond motifs is 1. The molecule has 2 aliphatic rings. The molecule has 1 aromatic rings. The number of thioether (sulfide) groups is 1. The lowest BCUT2D eigenvalue weighted by Gasteiger charge is -2.34. The Labute approximate surface area is 165 Å². The molecule has 0 saturated carbocycles. The summed E-state index contributed by atoms with van der Waals surface area (Å²) in [5.74, 6) is 0.331. The minimum atomic E-state index is -0.370. The highest BCUT2D eigenvalue weighted by Crippen LogP contribution is 2.44. The van der Waals surface area contributed by atoms with Gasteiger partial charge < -0.3 is 14.4 Å². The summed E-state index contributed by atoms with van der Waals surface area (Å²) in [7, 11) is 0. The fourth-order valence-electron chi connectivity index (χ4n) is 2.89. The maximum atomic E-state index is 12.7. The highest BCUT2D eigenvalue weighted by atomic mass is 79.9. The Morgan fingerprint density at radius 1 is 1.50 bits per heavy atom. The second-order valence-electron chi connectivity index (χ2n) is 5.61. The van der Waals surface area contributed by atoms with E-state index < -0.39 is 0 Å². The van der Waals surface area contributed by atoms with E-state index >= 15 is 0 Å². The number of carbonyl (C=O) groups excluding carboxylic acids is 1. The van der Waals surface area contributed by atoms with Gasteiger partial charge in [-0.1, -0.05) is 40.3 Å². The van der Waals surface area contributed by atoms with Crippen molar-refractivity contribution in [2.75, 3.05) is 13.2 Å². The highest BCUT2D eigenvalue weighted by molar-refractivity contribution is 9.10. The van der Waals surface area contributed by atoms with Gasteiger partial charge in [-0.05, 0) is 37.5 Å². The minimum Gasteiger partial charge on any atom is -0.489 e. The lowest BCUT2D eigenvalue weighted by atomic mass is 9.94. The number of hydrogen-bond acceptors (Lipinski definition) is 6. The molecule has 3 rings (SSSR count). The molecule has 1 atom stereocenters. The van der Waals surface area contributed by atoms with Gasteiger partial charge in [0.1, 0.15) is 12.4 Å². The number of carbonyl (C=O) groups is 1. The van der Waals surface area contributed by atoms with Gasteiger partial charge in [-0.2, -0.15) is 0 Å². The number of nitrogens with zero attached hydrogens (tertiary/aromatic N) is 2. The number of esters is 1. The Morgan fingerprint density at radius 3 is 3.04 bits per heavy atom. The maximum Gasteiger partial charge on any atom is 0.338 e. The number of hydrogen-bond donors (Lipinski definition) is 0. The van der Waals surface area contributed by atoms with Crippen LogP contribution in [0.15, 0.2) is 63.2 Å². The Balaban J connectivity index is 2.15. The summed E-state index contributed by atoms with van der Waals surface area (Å²) < 4.78 is 12.1. The SMILES string of the molecule is C=CCOc1ccc(Br)cc1[C@H]1C(C(=O)OCC)=C(C)N=C2SC=CN21. The smallest absolute Gasteiger partial charge is 0.338 e. The van der Waals surface area contributed by atoms with Gasteiger partial charge in [-0.25, -0.2) is 9.79 Å². The van der Waals surface area contributed by atoms with Gasteiger partial charge in [0, 0.05) is 16.2 Å². The molecule has 2 aliphatic heterocycles. The van der Waals surface area contributed by atoms with Crippen molar-refractivity contribution in [1.29, 1.82) is 0 Å². The minimum absolute atomic E-state index is 0.307. The summed E-state index contributed by atoms with van der Waals surface area (Å²) in [6.07, 6.45) is 3.62. The number of aliphatic imine (C=N–C) groups is 1. The van der Waals surface area contributed by atoms with E-state index in [0.29, 0.717) is 30.2 Å². The van der Waals surface area contributed by atoms with Crippen molar-refractivity contribution >= 4 is 38.8 Å². The Morgan fingerprint density at radius 2 is 2.31 bits per heavy atom. The van der Waals surface area contributed by atoms with Crippen LogP contribution in [-0.2, 0) is 9.53 Å². The summed E-state index contributed by atoms with van der Waals surface area (Å²) in [4.78, 5) is 19.3. The lowest BCUT2D eigenvalue weighted by Crippen LogP contribution is -2.34. The fourth-order valence-corrected chi connectivity index (χ4v) is 4.06. The van der Waals surface area contributed by atoms with E-state index in [2.05, 4.69) is 27.5 Å². The Kier molecular flexibility index (Phi) is 5.88. The van der Waals surface area contributed by atoms with E-state index in [-0.39, 0.29) is 12.0 Å². The van der Waals surface area contributed by atoms with Crippen molar-refractivity contribution in [2.45, 2.75) is 19.9 Å². The van der Waals surface area contributed by atoms with E-state index in [9.17, 15) is 4.79 Å². The second kappa shape index (κ2) is 8.14. The molecule has 0 amide bonds. The molecule has 26 heavy (non-hydrogen) atoms. The number of amidine groups is 1. The molecule has 136 valence electrons. The molecule has 0 radical (unpaired) electrons.